The van der Waals surface area contributed by atoms with Crippen LogP contribution in [-0.4, -0.2) is 37.6 Å². The summed E-state index contributed by atoms with van der Waals surface area (Å²) in [5.74, 6) is 0.715. The van der Waals surface area contributed by atoms with Crippen LogP contribution in [0.2, 0.25) is 0 Å². The summed E-state index contributed by atoms with van der Waals surface area (Å²) in [5, 5.41) is 4.14. The molecule has 4 rings (SSSR count). The number of hydrogen-bond acceptors (Lipinski definition) is 4. The van der Waals surface area contributed by atoms with Crippen LogP contribution in [-0.2, 0) is 13.0 Å². The van der Waals surface area contributed by atoms with Gasteiger partial charge in [-0.3, -0.25) is 9.88 Å². The average Bonchev–Trinajstić information content (AvgIpc) is 3.17. The molecule has 0 saturated carbocycles. The van der Waals surface area contributed by atoms with Crippen molar-refractivity contribution in [3.05, 3.63) is 60.3 Å². The van der Waals surface area contributed by atoms with Crippen molar-refractivity contribution in [2.45, 2.75) is 19.4 Å². The van der Waals surface area contributed by atoms with Gasteiger partial charge in [0.2, 0.25) is 0 Å². The highest BCUT2D eigenvalue weighted by Crippen LogP contribution is 2.22. The molecule has 3 aromatic heterocycles. The second-order valence-electron chi connectivity index (χ2n) is 6.01. The Morgan fingerprint density at radius 3 is 3.09 bits per heavy atom. The van der Waals surface area contributed by atoms with Crippen molar-refractivity contribution in [2.75, 3.05) is 13.1 Å². The zero-order valence-corrected chi connectivity index (χ0v) is 12.5. The summed E-state index contributed by atoms with van der Waals surface area (Å²) in [6.45, 7) is 3.30. The molecule has 22 heavy (non-hydrogen) atoms. The molecule has 1 saturated heterocycles. The highest BCUT2D eigenvalue weighted by Gasteiger charge is 2.23. The van der Waals surface area contributed by atoms with Gasteiger partial charge in [-0.25, -0.2) is 9.50 Å². The van der Waals surface area contributed by atoms with Crippen molar-refractivity contribution in [2.24, 2.45) is 5.92 Å². The number of likely N-dealkylation sites (tertiary alicyclic amines) is 1. The predicted octanol–water partition coefficient (Wildman–Crippen LogP) is 2.19. The zero-order valence-electron chi connectivity index (χ0n) is 12.5. The number of hydrogen-bond donors (Lipinski definition) is 0. The van der Waals surface area contributed by atoms with Crippen molar-refractivity contribution in [1.29, 1.82) is 0 Å². The van der Waals surface area contributed by atoms with Gasteiger partial charge < -0.3 is 0 Å². The van der Waals surface area contributed by atoms with Crippen LogP contribution in [0.15, 0.2) is 49.1 Å². The zero-order chi connectivity index (χ0) is 14.8. The molecule has 112 valence electrons. The molecule has 1 fully saturated rings. The van der Waals surface area contributed by atoms with E-state index < -0.39 is 0 Å². The Bertz CT molecular complexity index is 752. The number of aromatic nitrogens is 4. The lowest BCUT2D eigenvalue weighted by molar-refractivity contribution is 0.316. The summed E-state index contributed by atoms with van der Waals surface area (Å²) in [4.78, 5) is 11.2. The molecule has 5 nitrogen and oxygen atoms in total. The Morgan fingerprint density at radius 1 is 1.18 bits per heavy atom. The van der Waals surface area contributed by atoms with E-state index in [0.29, 0.717) is 5.92 Å². The first-order valence-corrected chi connectivity index (χ1v) is 7.77. The first-order chi connectivity index (χ1) is 10.9. The molecular weight excluding hydrogens is 274 g/mol. The summed E-state index contributed by atoms with van der Waals surface area (Å²) in [7, 11) is 0. The minimum absolute atomic E-state index is 0.715. The van der Waals surface area contributed by atoms with E-state index in [4.69, 9.17) is 0 Å². The Morgan fingerprint density at radius 2 is 2.18 bits per heavy atom. The lowest BCUT2D eigenvalue weighted by atomic mass is 10.0. The molecule has 0 amide bonds. The molecule has 0 N–H and O–H groups in total. The van der Waals surface area contributed by atoms with E-state index in [1.807, 2.05) is 18.5 Å². The van der Waals surface area contributed by atoms with Gasteiger partial charge in [-0.2, -0.15) is 5.10 Å². The van der Waals surface area contributed by atoms with Gasteiger partial charge in [0.05, 0.1) is 0 Å². The summed E-state index contributed by atoms with van der Waals surface area (Å²) >= 11 is 0. The normalized spacial score (nSPS) is 19.0. The fourth-order valence-electron chi connectivity index (χ4n) is 3.25. The largest absolute Gasteiger partial charge is 0.299 e. The number of nitrogens with zero attached hydrogens (tertiary/aromatic N) is 5. The maximum Gasteiger partial charge on any atom is 0.155 e. The minimum atomic E-state index is 0.715. The van der Waals surface area contributed by atoms with Gasteiger partial charge in [-0.1, -0.05) is 6.07 Å². The SMILES string of the molecule is c1ccc(CC2CCN(Cc3ccn4ncnc4c3)C2)nc1. The van der Waals surface area contributed by atoms with Crippen molar-refractivity contribution in [1.82, 2.24) is 24.5 Å². The average molecular weight is 293 g/mol. The molecule has 1 aliphatic heterocycles. The van der Waals surface area contributed by atoms with E-state index in [1.165, 1.54) is 17.7 Å². The Labute approximate surface area is 129 Å². The Kier molecular flexibility index (Phi) is 3.56. The maximum absolute atomic E-state index is 4.44. The molecule has 5 heteroatoms. The van der Waals surface area contributed by atoms with Crippen LogP contribution >= 0.6 is 0 Å². The minimum Gasteiger partial charge on any atom is -0.299 e. The fourth-order valence-corrected chi connectivity index (χ4v) is 3.25. The first kappa shape index (κ1) is 13.4. The highest BCUT2D eigenvalue weighted by atomic mass is 15.3. The van der Waals surface area contributed by atoms with Crippen LogP contribution in [0.3, 0.4) is 0 Å². The molecule has 1 atom stereocenters. The molecule has 0 bridgehead atoms. The molecule has 0 aliphatic carbocycles. The molecule has 4 heterocycles. The monoisotopic (exact) mass is 293 g/mol. The number of fused-ring (bicyclic) bond motifs is 1. The van der Waals surface area contributed by atoms with Crippen molar-refractivity contribution < 1.29 is 0 Å². The van der Waals surface area contributed by atoms with Gasteiger partial charge in [-0.15, -0.1) is 0 Å². The quantitative estimate of drug-likeness (QED) is 0.740. The van der Waals surface area contributed by atoms with Crippen molar-refractivity contribution in [3.8, 4) is 0 Å². The molecule has 0 spiro atoms. The second kappa shape index (κ2) is 5.85. The lowest BCUT2D eigenvalue weighted by Gasteiger charge is -2.16. The third kappa shape index (κ3) is 2.85. The summed E-state index contributed by atoms with van der Waals surface area (Å²) in [6.07, 6.45) is 7.80. The van der Waals surface area contributed by atoms with Gasteiger partial charge in [0.15, 0.2) is 5.65 Å². The fraction of sp³-hybridized carbons (Fsp3) is 0.353. The molecule has 0 aromatic carbocycles. The summed E-state index contributed by atoms with van der Waals surface area (Å²) in [6, 6.07) is 10.4. The van der Waals surface area contributed by atoms with Gasteiger partial charge >= 0.3 is 0 Å². The standard InChI is InChI=1S/C17H19N5/c1-2-6-18-16(3-1)9-14-4-7-21(11-14)12-15-5-8-22-17(10-15)19-13-20-22/h1-3,5-6,8,10,13-14H,4,7,9,11-12H2. The summed E-state index contributed by atoms with van der Waals surface area (Å²) < 4.78 is 1.80. The van der Waals surface area contributed by atoms with E-state index in [1.54, 1.807) is 10.8 Å². The van der Waals surface area contributed by atoms with Crippen LogP contribution in [0.25, 0.3) is 5.65 Å². The maximum atomic E-state index is 4.44. The van der Waals surface area contributed by atoms with Crippen molar-refractivity contribution in [3.63, 3.8) is 0 Å². The van der Waals surface area contributed by atoms with Gasteiger partial charge in [0.25, 0.3) is 0 Å². The molecular formula is C17H19N5. The molecule has 1 unspecified atom stereocenters. The molecule has 3 aromatic rings. The van der Waals surface area contributed by atoms with E-state index in [9.17, 15) is 0 Å². The first-order valence-electron chi connectivity index (χ1n) is 7.77. The van der Waals surface area contributed by atoms with Crippen molar-refractivity contribution >= 4 is 5.65 Å². The number of pyridine rings is 2. The second-order valence-corrected chi connectivity index (χ2v) is 6.01. The van der Waals surface area contributed by atoms with E-state index >= 15 is 0 Å². The Balaban J connectivity index is 1.38. The van der Waals surface area contributed by atoms with Gasteiger partial charge in [0.1, 0.15) is 6.33 Å². The summed E-state index contributed by atoms with van der Waals surface area (Å²) in [5.41, 5.74) is 3.43. The van der Waals surface area contributed by atoms with Gasteiger partial charge in [-0.05, 0) is 55.1 Å². The molecule has 1 aliphatic rings. The van der Waals surface area contributed by atoms with Crippen LogP contribution in [0.1, 0.15) is 17.7 Å². The Hall–Kier alpha value is -2.27. The smallest absolute Gasteiger partial charge is 0.155 e. The lowest BCUT2D eigenvalue weighted by Crippen LogP contribution is -2.20. The van der Waals surface area contributed by atoms with Crippen LogP contribution in [0.5, 0.6) is 0 Å². The predicted molar refractivity (Wildman–Crippen MR) is 84.3 cm³/mol. The topological polar surface area (TPSA) is 46.3 Å². The van der Waals surface area contributed by atoms with Crippen LogP contribution in [0, 0.1) is 5.92 Å². The number of rotatable bonds is 4. The highest BCUT2D eigenvalue weighted by molar-refractivity contribution is 5.39. The van der Waals surface area contributed by atoms with E-state index in [-0.39, 0.29) is 0 Å². The van der Waals surface area contributed by atoms with Crippen LogP contribution in [0.4, 0.5) is 0 Å². The van der Waals surface area contributed by atoms with Gasteiger partial charge in [0, 0.05) is 31.2 Å². The third-order valence-electron chi connectivity index (χ3n) is 4.35. The third-order valence-corrected chi connectivity index (χ3v) is 4.35. The van der Waals surface area contributed by atoms with E-state index in [0.717, 1.165) is 31.7 Å². The van der Waals surface area contributed by atoms with E-state index in [2.05, 4.69) is 44.2 Å². The van der Waals surface area contributed by atoms with Crippen LogP contribution < -0.4 is 0 Å². The molecule has 0 radical (unpaired) electrons.